The molecule has 8 bridgehead atoms. The Morgan fingerprint density at radius 3 is 2.70 bits per heavy atom. The summed E-state index contributed by atoms with van der Waals surface area (Å²) in [6.07, 6.45) is -2.18. The predicted octanol–water partition coefficient (Wildman–Crippen LogP) is 5.56. The van der Waals surface area contributed by atoms with Crippen molar-refractivity contribution in [2.75, 3.05) is 38.0 Å². The fraction of sp³-hybridized carbons (Fsp3) is 0.333. The molecule has 2 aromatic carbocycles. The third-order valence-electron chi connectivity index (χ3n) is 7.64. The molecule has 4 aliphatic heterocycles. The highest BCUT2D eigenvalue weighted by Crippen LogP contribution is 2.52. The first kappa shape index (κ1) is 32.4. The Labute approximate surface area is 267 Å². The normalized spacial score (nSPS) is 19.9. The summed E-state index contributed by atoms with van der Waals surface area (Å²) in [6, 6.07) is 7.94. The zero-order chi connectivity index (χ0) is 33.5. The van der Waals surface area contributed by atoms with Gasteiger partial charge < -0.3 is 34.4 Å². The summed E-state index contributed by atoms with van der Waals surface area (Å²) in [6.45, 7) is 1.66. The molecule has 1 amide bonds. The van der Waals surface area contributed by atoms with E-state index in [2.05, 4.69) is 25.7 Å². The number of rotatable bonds is 3. The van der Waals surface area contributed by atoms with Crippen LogP contribution >= 0.6 is 7.60 Å². The number of carbonyl (C=O) groups is 1. The number of nitrogens with one attached hydrogen (secondary N) is 2. The second kappa shape index (κ2) is 12.6. The molecule has 0 saturated carbocycles. The smallest absolute Gasteiger partial charge is 0.421 e. The number of anilines is 4. The van der Waals surface area contributed by atoms with Gasteiger partial charge in [0.05, 0.1) is 62.3 Å². The largest absolute Gasteiger partial charge is 0.495 e. The Balaban J connectivity index is 1.49. The number of methoxy groups -OCH3 is 1. The molecule has 3 N–H and O–H groups in total. The Hall–Kier alpha value is -4.50. The topological polar surface area (TPSA) is 153 Å². The van der Waals surface area contributed by atoms with Crippen LogP contribution in [0.5, 0.6) is 5.75 Å². The van der Waals surface area contributed by atoms with E-state index in [1.165, 1.54) is 22.8 Å². The van der Waals surface area contributed by atoms with E-state index in [-0.39, 0.29) is 61.3 Å². The number of ether oxygens (including phenoxy) is 1. The number of aliphatic hydroxyl groups excluding tert-OH is 1. The van der Waals surface area contributed by atoms with Gasteiger partial charge in [-0.15, -0.1) is 0 Å². The monoisotopic (exact) mass is 673 g/mol. The van der Waals surface area contributed by atoms with Crippen LogP contribution in [0.3, 0.4) is 0 Å². The lowest BCUT2D eigenvalue weighted by Gasteiger charge is -2.21. The molecule has 2 aromatic heterocycles. The lowest BCUT2D eigenvalue weighted by molar-refractivity contribution is -0.137. The first-order valence-corrected chi connectivity index (χ1v) is 16.3. The van der Waals surface area contributed by atoms with Gasteiger partial charge in [0.15, 0.2) is 0 Å². The molecule has 0 spiro atoms. The number of amides is 1. The third kappa shape index (κ3) is 6.67. The summed E-state index contributed by atoms with van der Waals surface area (Å²) in [7, 11) is -0.754. The maximum absolute atomic E-state index is 14.2. The van der Waals surface area contributed by atoms with Crippen LogP contribution in [0.2, 0.25) is 0 Å². The summed E-state index contributed by atoms with van der Waals surface area (Å²) in [5.74, 6) is -0.887. The molecule has 4 aliphatic rings. The van der Waals surface area contributed by atoms with E-state index < -0.39 is 31.3 Å². The van der Waals surface area contributed by atoms with Crippen molar-refractivity contribution in [3.8, 4) is 16.9 Å². The Kier molecular flexibility index (Phi) is 8.70. The maximum Gasteiger partial charge on any atom is 0.421 e. The molecule has 17 heteroatoms. The quantitative estimate of drug-likeness (QED) is 0.234. The van der Waals surface area contributed by atoms with Gasteiger partial charge in [-0.05, 0) is 41.8 Å². The van der Waals surface area contributed by atoms with Crippen molar-refractivity contribution in [1.82, 2.24) is 24.6 Å². The fourth-order valence-electron chi connectivity index (χ4n) is 5.48. The maximum atomic E-state index is 14.2. The van der Waals surface area contributed by atoms with Crippen LogP contribution in [0.15, 0.2) is 48.9 Å². The number of nitrogens with zero attached hydrogens (tertiary/aromatic N) is 5. The van der Waals surface area contributed by atoms with E-state index in [1.807, 2.05) is 0 Å². The van der Waals surface area contributed by atoms with E-state index in [4.69, 9.17) is 13.8 Å². The number of carbonyl (C=O) groups excluding carboxylic acids is 1. The number of aliphatic hydroxyl groups is 1. The number of benzene rings is 2. The van der Waals surface area contributed by atoms with Gasteiger partial charge >= 0.3 is 13.8 Å². The van der Waals surface area contributed by atoms with Gasteiger partial charge in [-0.1, -0.05) is 12.1 Å². The van der Waals surface area contributed by atoms with Gasteiger partial charge in [0, 0.05) is 31.5 Å². The van der Waals surface area contributed by atoms with Crippen molar-refractivity contribution in [1.29, 1.82) is 0 Å². The minimum atomic E-state index is -4.81. The summed E-state index contributed by atoms with van der Waals surface area (Å²) in [5, 5.41) is 20.7. The second-order valence-electron chi connectivity index (χ2n) is 11.0. The van der Waals surface area contributed by atoms with Crippen LogP contribution < -0.4 is 15.4 Å². The Morgan fingerprint density at radius 2 is 1.96 bits per heavy atom. The van der Waals surface area contributed by atoms with Gasteiger partial charge in [0.2, 0.25) is 5.95 Å². The van der Waals surface area contributed by atoms with Crippen LogP contribution in [0, 0.1) is 0 Å². The molecule has 0 radical (unpaired) electrons. The molecule has 47 heavy (non-hydrogen) atoms. The summed E-state index contributed by atoms with van der Waals surface area (Å²) < 4.78 is 74.2. The zero-order valence-corrected chi connectivity index (χ0v) is 26.4. The van der Waals surface area contributed by atoms with Crippen LogP contribution in [-0.4, -0.2) is 69.1 Å². The van der Waals surface area contributed by atoms with E-state index >= 15 is 0 Å². The second-order valence-corrected chi connectivity index (χ2v) is 13.1. The van der Waals surface area contributed by atoms with E-state index in [1.54, 1.807) is 50.6 Å². The van der Waals surface area contributed by atoms with Gasteiger partial charge in [0.25, 0.3) is 5.91 Å². The van der Waals surface area contributed by atoms with Gasteiger partial charge in [-0.2, -0.15) is 23.3 Å². The summed E-state index contributed by atoms with van der Waals surface area (Å²) in [4.78, 5) is 22.8. The van der Waals surface area contributed by atoms with Crippen LogP contribution in [0.4, 0.5) is 36.3 Å². The molecular formula is C30H31F3N7O6P. The molecule has 0 unspecified atom stereocenters. The first-order chi connectivity index (χ1) is 22.4. The van der Waals surface area contributed by atoms with Crippen LogP contribution in [0.1, 0.15) is 34.0 Å². The molecular weight excluding hydrogens is 642 g/mol. The molecule has 4 aromatic rings. The van der Waals surface area contributed by atoms with Crippen molar-refractivity contribution in [3.63, 3.8) is 0 Å². The van der Waals surface area contributed by atoms with E-state index in [0.717, 1.165) is 0 Å². The Bertz CT molecular complexity index is 1890. The van der Waals surface area contributed by atoms with E-state index in [9.17, 15) is 27.6 Å². The average molecular weight is 674 g/mol. The van der Waals surface area contributed by atoms with Crippen molar-refractivity contribution >= 4 is 36.6 Å². The molecule has 248 valence electrons. The van der Waals surface area contributed by atoms with Crippen LogP contribution in [0.25, 0.3) is 11.1 Å². The SMILES string of the molecule is CCO[P@]1(=O)Cc2ccc(c(OC)c2)Nc2ncc(C(F)(F)F)c(n2)Nc2ccc(c3c2C(=O)N(C)C3)-c2cnn(c2)C[C@H](O)CO1. The number of hydrogen-bond acceptors (Lipinski definition) is 11. The minimum absolute atomic E-state index is 0.00274. The summed E-state index contributed by atoms with van der Waals surface area (Å²) >= 11 is 0. The number of alkyl halides is 3. The predicted molar refractivity (Wildman–Crippen MR) is 165 cm³/mol. The molecule has 0 aliphatic carbocycles. The third-order valence-corrected chi connectivity index (χ3v) is 9.58. The van der Waals surface area contributed by atoms with Gasteiger partial charge in [-0.25, -0.2) is 4.98 Å². The highest BCUT2D eigenvalue weighted by atomic mass is 31.2. The molecule has 8 rings (SSSR count). The number of fused-ring (bicyclic) bond motifs is 1. The number of aromatic nitrogens is 4. The lowest BCUT2D eigenvalue weighted by Crippen LogP contribution is -2.22. The Morgan fingerprint density at radius 1 is 1.17 bits per heavy atom. The molecule has 0 saturated heterocycles. The van der Waals surface area contributed by atoms with Crippen molar-refractivity contribution < 1.29 is 41.4 Å². The van der Waals surface area contributed by atoms with Crippen molar-refractivity contribution in [2.45, 2.75) is 38.5 Å². The number of hydrogen-bond donors (Lipinski definition) is 3. The van der Waals surface area contributed by atoms with Gasteiger partial charge in [0.1, 0.15) is 17.1 Å². The fourth-order valence-corrected chi connectivity index (χ4v) is 7.17. The minimum Gasteiger partial charge on any atom is -0.495 e. The van der Waals surface area contributed by atoms with E-state index in [0.29, 0.717) is 34.1 Å². The standard InChI is InChI=1S/C30H31F3N7O6P/c1-4-45-47(43)16-17-5-7-23(25(9-17)44-3)37-29-34-11-22(30(31,32)33)27(38-29)36-24-8-6-20(21-14-39(2)28(42)26(21)24)18-10-35-40(12-18)13-19(41)15-46-47/h5-12,19,41H,4,13-16H2,1-3H3,(H2,34,36,37,38)/t19-,47+/m0/s1. The zero-order valence-electron chi connectivity index (χ0n) is 25.5. The highest BCUT2D eigenvalue weighted by molar-refractivity contribution is 7.53. The summed E-state index contributed by atoms with van der Waals surface area (Å²) in [5.41, 5.74) is 1.85. The lowest BCUT2D eigenvalue weighted by atomic mass is 9.97. The molecule has 2 atom stereocenters. The van der Waals surface area contributed by atoms with Crippen LogP contribution in [-0.2, 0) is 39.0 Å². The van der Waals surface area contributed by atoms with Gasteiger partial charge in [-0.3, -0.25) is 14.0 Å². The highest BCUT2D eigenvalue weighted by Gasteiger charge is 2.37. The molecule has 0 fully saturated rings. The molecule has 13 nitrogen and oxygen atoms in total. The molecule has 6 heterocycles. The van der Waals surface area contributed by atoms with Crippen molar-refractivity contribution in [3.05, 3.63) is 71.2 Å². The first-order valence-electron chi connectivity index (χ1n) is 14.5. The van der Waals surface area contributed by atoms with Crippen molar-refractivity contribution in [2.24, 2.45) is 0 Å². The average Bonchev–Trinajstić information content (AvgIpc) is 3.60. The number of halogens is 3.